The standard InChI is InChI=1S/C21H24N2O6/c1-5-29-20(26)17-11(2)22-13-9-21(3,4)10-16(25)19(13)18(17)12-6-7-14(23(27)28)15(24)8-12/h6-8,18,22,24H,5,9-10H2,1-4H3. The first kappa shape index (κ1) is 20.6. The number of nitro groups is 1. The molecular weight excluding hydrogens is 376 g/mol. The van der Waals surface area contributed by atoms with Crippen LogP contribution in [0.2, 0.25) is 0 Å². The number of nitrogens with one attached hydrogen (secondary N) is 1. The Bertz CT molecular complexity index is 973. The Balaban J connectivity index is 2.20. The number of hydrogen-bond donors (Lipinski definition) is 2. The lowest BCUT2D eigenvalue weighted by Crippen LogP contribution is -2.38. The van der Waals surface area contributed by atoms with E-state index in [0.29, 0.717) is 29.7 Å². The van der Waals surface area contributed by atoms with Gasteiger partial charge in [0, 0.05) is 35.4 Å². The second-order valence-corrected chi connectivity index (χ2v) is 8.16. The number of nitro benzene ring substituents is 1. The van der Waals surface area contributed by atoms with E-state index in [4.69, 9.17) is 4.74 Å². The van der Waals surface area contributed by atoms with E-state index >= 15 is 0 Å². The van der Waals surface area contributed by atoms with Crippen molar-refractivity contribution in [1.29, 1.82) is 0 Å². The molecule has 2 N–H and O–H groups in total. The first-order valence-electron chi connectivity index (χ1n) is 9.44. The number of allylic oxidation sites excluding steroid dienone is 3. The van der Waals surface area contributed by atoms with E-state index in [2.05, 4.69) is 5.32 Å². The van der Waals surface area contributed by atoms with Gasteiger partial charge >= 0.3 is 11.7 Å². The maximum atomic E-state index is 13.1. The summed E-state index contributed by atoms with van der Waals surface area (Å²) in [5.74, 6) is -1.94. The predicted octanol–water partition coefficient (Wildman–Crippen LogP) is 3.47. The highest BCUT2D eigenvalue weighted by Crippen LogP contribution is 2.47. The largest absolute Gasteiger partial charge is 0.502 e. The first-order chi connectivity index (χ1) is 13.6. The van der Waals surface area contributed by atoms with E-state index in [9.17, 15) is 24.8 Å². The summed E-state index contributed by atoms with van der Waals surface area (Å²) in [6.07, 6.45) is 0.940. The molecule has 0 spiro atoms. The van der Waals surface area contributed by atoms with Crippen molar-refractivity contribution in [3.63, 3.8) is 0 Å². The second kappa shape index (κ2) is 7.35. The van der Waals surface area contributed by atoms with Gasteiger partial charge in [0.2, 0.25) is 0 Å². The van der Waals surface area contributed by atoms with E-state index in [1.54, 1.807) is 13.8 Å². The molecule has 0 fully saturated rings. The van der Waals surface area contributed by atoms with Gasteiger partial charge in [0.15, 0.2) is 11.5 Å². The molecule has 8 heteroatoms. The number of aromatic hydroxyl groups is 1. The van der Waals surface area contributed by atoms with Gasteiger partial charge in [-0.2, -0.15) is 0 Å². The van der Waals surface area contributed by atoms with Crippen molar-refractivity contribution in [2.45, 2.75) is 46.5 Å². The third-order valence-corrected chi connectivity index (χ3v) is 5.26. The maximum absolute atomic E-state index is 13.1. The molecule has 29 heavy (non-hydrogen) atoms. The summed E-state index contributed by atoms with van der Waals surface area (Å²) in [5, 5.41) is 24.4. The molecular formula is C21H24N2O6. The average molecular weight is 400 g/mol. The van der Waals surface area contributed by atoms with Crippen molar-refractivity contribution in [2.75, 3.05) is 6.61 Å². The Morgan fingerprint density at radius 2 is 2.07 bits per heavy atom. The minimum absolute atomic E-state index is 0.0964. The summed E-state index contributed by atoms with van der Waals surface area (Å²) in [5.41, 5.74) is 1.78. The smallest absolute Gasteiger partial charge is 0.336 e. The molecule has 1 atom stereocenters. The number of phenols is 1. The zero-order valence-electron chi connectivity index (χ0n) is 16.9. The van der Waals surface area contributed by atoms with Gasteiger partial charge in [-0.05, 0) is 37.3 Å². The molecule has 8 nitrogen and oxygen atoms in total. The Kier molecular flexibility index (Phi) is 5.21. The number of Topliss-reactive ketones (excluding diaryl/α,β-unsaturated/α-hetero) is 1. The van der Waals surface area contributed by atoms with Crippen molar-refractivity contribution < 1.29 is 24.4 Å². The fourth-order valence-corrected chi connectivity index (χ4v) is 4.12. The molecule has 0 amide bonds. The van der Waals surface area contributed by atoms with Crippen molar-refractivity contribution >= 4 is 17.4 Å². The number of dihydropyridines is 1. The average Bonchev–Trinajstić information content (AvgIpc) is 2.59. The molecule has 1 aromatic rings. The van der Waals surface area contributed by atoms with Crippen molar-refractivity contribution in [3.8, 4) is 5.75 Å². The zero-order chi connectivity index (χ0) is 21.5. The normalized spacial score (nSPS) is 20.8. The van der Waals surface area contributed by atoms with Crippen LogP contribution in [0.5, 0.6) is 5.75 Å². The molecule has 1 unspecified atom stereocenters. The molecule has 1 aliphatic heterocycles. The quantitative estimate of drug-likeness (QED) is 0.451. The lowest BCUT2D eigenvalue weighted by atomic mass is 9.68. The third-order valence-electron chi connectivity index (χ3n) is 5.26. The number of ketones is 1. The van der Waals surface area contributed by atoms with Crippen LogP contribution in [-0.2, 0) is 14.3 Å². The van der Waals surface area contributed by atoms with Crippen LogP contribution < -0.4 is 5.32 Å². The maximum Gasteiger partial charge on any atom is 0.336 e. The van der Waals surface area contributed by atoms with Gasteiger partial charge in [0.1, 0.15) is 0 Å². The van der Waals surface area contributed by atoms with Gasteiger partial charge in [0.05, 0.1) is 17.1 Å². The lowest BCUT2D eigenvalue weighted by molar-refractivity contribution is -0.385. The van der Waals surface area contributed by atoms with Crippen LogP contribution >= 0.6 is 0 Å². The Hall–Kier alpha value is -3.16. The highest BCUT2D eigenvalue weighted by molar-refractivity contribution is 6.04. The first-order valence-corrected chi connectivity index (χ1v) is 9.44. The monoisotopic (exact) mass is 400 g/mol. The molecule has 2 aliphatic rings. The molecule has 0 saturated carbocycles. The predicted molar refractivity (Wildman–Crippen MR) is 105 cm³/mol. The van der Waals surface area contributed by atoms with E-state index in [0.717, 1.165) is 5.70 Å². The molecule has 1 heterocycles. The van der Waals surface area contributed by atoms with Gasteiger partial charge in [-0.3, -0.25) is 14.9 Å². The summed E-state index contributed by atoms with van der Waals surface area (Å²) in [4.78, 5) is 36.2. The molecule has 1 aromatic carbocycles. The molecule has 154 valence electrons. The minimum Gasteiger partial charge on any atom is -0.502 e. The van der Waals surface area contributed by atoms with E-state index < -0.39 is 28.2 Å². The SMILES string of the molecule is CCOC(=O)C1=C(C)NC2=C(C(=O)CC(C)(C)C2)C1c1ccc([N+](=O)[O-])c(O)c1. The van der Waals surface area contributed by atoms with E-state index in [1.165, 1.54) is 18.2 Å². The Labute approximate surface area is 168 Å². The highest BCUT2D eigenvalue weighted by Gasteiger charge is 2.43. The topological polar surface area (TPSA) is 119 Å². The van der Waals surface area contributed by atoms with Crippen LogP contribution in [-0.4, -0.2) is 28.4 Å². The minimum atomic E-state index is -0.763. The van der Waals surface area contributed by atoms with Gasteiger partial charge in [-0.1, -0.05) is 19.9 Å². The van der Waals surface area contributed by atoms with E-state index in [1.807, 2.05) is 13.8 Å². The number of carbonyl (C=O) groups excluding carboxylic acids is 2. The lowest BCUT2D eigenvalue weighted by Gasteiger charge is -2.39. The van der Waals surface area contributed by atoms with Crippen LogP contribution in [0, 0.1) is 15.5 Å². The summed E-state index contributed by atoms with van der Waals surface area (Å²) in [6.45, 7) is 7.60. The van der Waals surface area contributed by atoms with Gasteiger partial charge in [-0.25, -0.2) is 4.79 Å². The van der Waals surface area contributed by atoms with Gasteiger partial charge < -0.3 is 15.2 Å². The van der Waals surface area contributed by atoms with Gasteiger partial charge in [0.25, 0.3) is 0 Å². The summed E-state index contributed by atoms with van der Waals surface area (Å²) < 4.78 is 5.21. The van der Waals surface area contributed by atoms with Crippen molar-refractivity contribution in [3.05, 3.63) is 56.4 Å². The van der Waals surface area contributed by atoms with Crippen LogP contribution in [0.1, 0.15) is 52.0 Å². The van der Waals surface area contributed by atoms with Crippen molar-refractivity contribution in [1.82, 2.24) is 5.32 Å². The third kappa shape index (κ3) is 3.74. The Morgan fingerprint density at radius 1 is 1.38 bits per heavy atom. The molecule has 3 rings (SSSR count). The second-order valence-electron chi connectivity index (χ2n) is 8.16. The molecule has 0 bridgehead atoms. The van der Waals surface area contributed by atoms with Crippen LogP contribution in [0.4, 0.5) is 5.69 Å². The van der Waals surface area contributed by atoms with E-state index in [-0.39, 0.29) is 23.4 Å². The Morgan fingerprint density at radius 3 is 2.66 bits per heavy atom. The van der Waals surface area contributed by atoms with Crippen molar-refractivity contribution in [2.24, 2.45) is 5.41 Å². The number of esters is 1. The molecule has 0 saturated heterocycles. The number of nitrogens with zero attached hydrogens (tertiary/aromatic N) is 1. The number of rotatable bonds is 4. The van der Waals surface area contributed by atoms with Crippen LogP contribution in [0.15, 0.2) is 40.7 Å². The fourth-order valence-electron chi connectivity index (χ4n) is 4.12. The molecule has 0 aromatic heterocycles. The number of benzene rings is 1. The summed E-state index contributed by atoms with van der Waals surface area (Å²) in [6, 6.07) is 3.90. The number of ether oxygens (including phenoxy) is 1. The summed E-state index contributed by atoms with van der Waals surface area (Å²) in [7, 11) is 0. The molecule has 0 radical (unpaired) electrons. The number of carbonyl (C=O) groups is 2. The fraction of sp³-hybridized carbons (Fsp3) is 0.429. The van der Waals surface area contributed by atoms with Gasteiger partial charge in [-0.15, -0.1) is 0 Å². The zero-order valence-corrected chi connectivity index (χ0v) is 16.9. The van der Waals surface area contributed by atoms with Crippen LogP contribution in [0.3, 0.4) is 0 Å². The highest BCUT2D eigenvalue weighted by atomic mass is 16.6. The summed E-state index contributed by atoms with van der Waals surface area (Å²) >= 11 is 0. The number of phenolic OH excluding ortho intramolecular Hbond substituents is 1. The molecule has 1 aliphatic carbocycles. The number of hydrogen-bond acceptors (Lipinski definition) is 7. The van der Waals surface area contributed by atoms with Crippen LogP contribution in [0.25, 0.3) is 0 Å².